The van der Waals surface area contributed by atoms with E-state index in [9.17, 15) is 14.7 Å². The van der Waals surface area contributed by atoms with Crippen LogP contribution in [-0.2, 0) is 34.0 Å². The van der Waals surface area contributed by atoms with E-state index in [2.05, 4.69) is 22.9 Å². The Morgan fingerprint density at radius 1 is 0.756 bits per heavy atom. The Kier molecular flexibility index (Phi) is 11.3. The Labute approximate surface area is 268 Å². The minimum Gasteiger partial charge on any atom is -0.392 e. The van der Waals surface area contributed by atoms with Crippen molar-refractivity contribution in [3.05, 3.63) is 131 Å². The normalized spacial score (nSPS) is 19.4. The monoisotopic (exact) mass is 625 g/mol. The molecule has 0 saturated carbocycles. The largest absolute Gasteiger partial charge is 0.392 e. The fourth-order valence-electron chi connectivity index (χ4n) is 5.14. The van der Waals surface area contributed by atoms with Crippen LogP contribution in [0.2, 0.25) is 0 Å². The molecule has 0 radical (unpaired) electrons. The Hall–Kier alpha value is -4.15. The summed E-state index contributed by atoms with van der Waals surface area (Å²) in [5.41, 5.74) is 5.54. The van der Waals surface area contributed by atoms with Crippen LogP contribution >= 0.6 is 11.8 Å². The number of amides is 3. The summed E-state index contributed by atoms with van der Waals surface area (Å²) < 4.78 is 13.1. The highest BCUT2D eigenvalue weighted by atomic mass is 32.2. The first kappa shape index (κ1) is 32.2. The second kappa shape index (κ2) is 15.7. The van der Waals surface area contributed by atoms with Crippen molar-refractivity contribution in [3.8, 4) is 0 Å². The summed E-state index contributed by atoms with van der Waals surface area (Å²) in [6.45, 7) is 4.48. The summed E-state index contributed by atoms with van der Waals surface area (Å²) in [7, 11) is 0. The lowest BCUT2D eigenvalue weighted by Crippen LogP contribution is -2.38. The summed E-state index contributed by atoms with van der Waals surface area (Å²) in [4.78, 5) is 24.8. The highest BCUT2D eigenvalue weighted by molar-refractivity contribution is 7.99. The first-order valence-electron chi connectivity index (χ1n) is 15.0. The van der Waals surface area contributed by atoms with E-state index in [1.807, 2.05) is 103 Å². The second-order valence-electron chi connectivity index (χ2n) is 11.1. The number of benzene rings is 4. The third-order valence-corrected chi connectivity index (χ3v) is 8.81. The molecule has 5 rings (SSSR count). The predicted octanol–water partition coefficient (Wildman–Crippen LogP) is 6.72. The summed E-state index contributed by atoms with van der Waals surface area (Å²) in [5.74, 6) is 0.675. The van der Waals surface area contributed by atoms with Crippen LogP contribution in [0.25, 0.3) is 0 Å². The summed E-state index contributed by atoms with van der Waals surface area (Å²) in [6.07, 6.45) is -0.896. The SMILES string of the molecule is CC(=O)Nc1ccc(SC[C@H]2O[C@@H](c3ccc(CNC(=O)NCc4ccccc4)cc3)O[C@@H](c3ccc(CO)cc3)[C@H]2C)cc1. The lowest BCUT2D eigenvalue weighted by atomic mass is 9.91. The molecular formula is C36H39N3O5S. The predicted molar refractivity (Wildman–Crippen MR) is 176 cm³/mol. The number of anilines is 1. The summed E-state index contributed by atoms with van der Waals surface area (Å²) >= 11 is 1.70. The molecule has 8 nitrogen and oxygen atoms in total. The van der Waals surface area contributed by atoms with E-state index >= 15 is 0 Å². The Morgan fingerprint density at radius 2 is 1.36 bits per heavy atom. The Morgan fingerprint density at radius 3 is 1.98 bits per heavy atom. The third-order valence-electron chi connectivity index (χ3n) is 7.71. The van der Waals surface area contributed by atoms with Crippen molar-refractivity contribution in [1.29, 1.82) is 0 Å². The third kappa shape index (κ3) is 9.18. The van der Waals surface area contributed by atoms with Crippen LogP contribution < -0.4 is 16.0 Å². The van der Waals surface area contributed by atoms with Gasteiger partial charge in [0.05, 0.1) is 18.8 Å². The molecule has 234 valence electrons. The van der Waals surface area contributed by atoms with Crippen molar-refractivity contribution in [1.82, 2.24) is 10.6 Å². The van der Waals surface area contributed by atoms with Crippen LogP contribution in [0, 0.1) is 5.92 Å². The minimum absolute atomic E-state index is 0.0109. The maximum absolute atomic E-state index is 12.3. The van der Waals surface area contributed by atoms with E-state index in [4.69, 9.17) is 9.47 Å². The molecule has 1 aliphatic heterocycles. The van der Waals surface area contributed by atoms with E-state index < -0.39 is 6.29 Å². The Bertz CT molecular complexity index is 1530. The fraction of sp³-hybridized carbons (Fsp3) is 0.278. The zero-order valence-electron chi connectivity index (χ0n) is 25.4. The van der Waals surface area contributed by atoms with E-state index in [1.54, 1.807) is 11.8 Å². The summed E-state index contributed by atoms with van der Waals surface area (Å²) in [5, 5.41) is 18.1. The van der Waals surface area contributed by atoms with Gasteiger partial charge in [-0.15, -0.1) is 11.8 Å². The zero-order valence-corrected chi connectivity index (χ0v) is 26.3. The van der Waals surface area contributed by atoms with Gasteiger partial charge in [-0.1, -0.05) is 85.8 Å². The molecule has 0 bridgehead atoms. The molecule has 1 aliphatic rings. The highest BCUT2D eigenvalue weighted by Crippen LogP contribution is 2.43. The maximum atomic E-state index is 12.3. The number of urea groups is 1. The van der Waals surface area contributed by atoms with Crippen LogP contribution in [0.15, 0.2) is 108 Å². The molecule has 1 fully saturated rings. The first-order chi connectivity index (χ1) is 21.9. The second-order valence-corrected chi connectivity index (χ2v) is 12.2. The minimum atomic E-state index is -0.576. The molecule has 0 aromatic heterocycles. The molecule has 4 aromatic carbocycles. The molecule has 3 amide bonds. The molecule has 9 heteroatoms. The van der Waals surface area contributed by atoms with Crippen LogP contribution in [-0.4, -0.2) is 28.9 Å². The molecule has 4 N–H and O–H groups in total. The molecule has 4 aromatic rings. The molecule has 0 unspecified atom stereocenters. The Balaban J connectivity index is 1.24. The maximum Gasteiger partial charge on any atom is 0.315 e. The van der Waals surface area contributed by atoms with Crippen LogP contribution in [0.5, 0.6) is 0 Å². The molecule has 1 heterocycles. The van der Waals surface area contributed by atoms with Gasteiger partial charge >= 0.3 is 6.03 Å². The van der Waals surface area contributed by atoms with E-state index in [-0.39, 0.29) is 36.7 Å². The van der Waals surface area contributed by atoms with Gasteiger partial charge in [0, 0.05) is 47.8 Å². The molecule has 0 spiro atoms. The number of hydrogen-bond donors (Lipinski definition) is 4. The zero-order chi connectivity index (χ0) is 31.6. The van der Waals surface area contributed by atoms with Gasteiger partial charge < -0.3 is 30.5 Å². The quantitative estimate of drug-likeness (QED) is 0.138. The van der Waals surface area contributed by atoms with Crippen molar-refractivity contribution < 1.29 is 24.2 Å². The average molecular weight is 626 g/mol. The number of aliphatic hydroxyl groups excluding tert-OH is 1. The van der Waals surface area contributed by atoms with Gasteiger partial charge in [-0.2, -0.15) is 0 Å². The lowest BCUT2D eigenvalue weighted by Gasteiger charge is -2.41. The average Bonchev–Trinajstić information content (AvgIpc) is 3.07. The smallest absolute Gasteiger partial charge is 0.315 e. The number of rotatable bonds is 11. The molecule has 0 aliphatic carbocycles. The van der Waals surface area contributed by atoms with Crippen molar-refractivity contribution in [2.45, 2.75) is 56.9 Å². The fourth-order valence-corrected chi connectivity index (χ4v) is 6.21. The van der Waals surface area contributed by atoms with Crippen molar-refractivity contribution in [2.75, 3.05) is 11.1 Å². The van der Waals surface area contributed by atoms with Crippen molar-refractivity contribution >= 4 is 29.4 Å². The molecule has 45 heavy (non-hydrogen) atoms. The first-order valence-corrected chi connectivity index (χ1v) is 16.0. The molecule has 4 atom stereocenters. The number of carbonyl (C=O) groups excluding carboxylic acids is 2. The number of carbonyl (C=O) groups is 2. The van der Waals surface area contributed by atoms with Crippen molar-refractivity contribution in [3.63, 3.8) is 0 Å². The lowest BCUT2D eigenvalue weighted by molar-refractivity contribution is -0.268. The number of nitrogens with one attached hydrogen (secondary N) is 3. The van der Waals surface area contributed by atoms with Gasteiger partial charge in [0.15, 0.2) is 6.29 Å². The van der Waals surface area contributed by atoms with Gasteiger partial charge in [-0.3, -0.25) is 4.79 Å². The number of thioether (sulfide) groups is 1. The number of aliphatic hydroxyl groups is 1. The molecule has 1 saturated heterocycles. The van der Waals surface area contributed by atoms with Crippen molar-refractivity contribution in [2.24, 2.45) is 5.92 Å². The highest BCUT2D eigenvalue weighted by Gasteiger charge is 2.38. The standard InChI is InChI=1S/C36H39N3O5S/c1-24-33(23-45-32-18-16-31(17-19-32)39-25(2)41)43-35(44-34(24)29-12-10-28(22-40)11-13-29)30-14-8-27(9-15-30)21-38-36(42)37-20-26-6-4-3-5-7-26/h3-19,24,33-35,40H,20-23H2,1-2H3,(H,39,41)(H2,37,38,42)/t24-,33+,34+,35+/m0/s1. The van der Waals surface area contributed by atoms with Crippen LogP contribution in [0.1, 0.15) is 54.1 Å². The topological polar surface area (TPSA) is 109 Å². The van der Waals surface area contributed by atoms with Gasteiger partial charge in [-0.05, 0) is 46.5 Å². The van der Waals surface area contributed by atoms with Gasteiger partial charge in [0.1, 0.15) is 0 Å². The van der Waals surface area contributed by atoms with E-state index in [0.29, 0.717) is 18.8 Å². The molecular weight excluding hydrogens is 586 g/mol. The van der Waals surface area contributed by atoms with E-state index in [1.165, 1.54) is 6.92 Å². The van der Waals surface area contributed by atoms with Crippen LogP contribution in [0.3, 0.4) is 0 Å². The van der Waals surface area contributed by atoms with E-state index in [0.717, 1.165) is 38.4 Å². The summed E-state index contributed by atoms with van der Waals surface area (Å²) in [6, 6.07) is 33.1. The number of hydrogen-bond acceptors (Lipinski definition) is 6. The van der Waals surface area contributed by atoms with Gasteiger partial charge in [0.2, 0.25) is 5.91 Å². The van der Waals surface area contributed by atoms with Gasteiger partial charge in [0.25, 0.3) is 0 Å². The van der Waals surface area contributed by atoms with Crippen LogP contribution in [0.4, 0.5) is 10.5 Å². The van der Waals surface area contributed by atoms with Gasteiger partial charge in [-0.25, -0.2) is 4.79 Å². The number of ether oxygens (including phenoxy) is 2.